The summed E-state index contributed by atoms with van der Waals surface area (Å²) in [5, 5.41) is 27.9. The molecule has 4 heterocycles. The molecule has 0 radical (unpaired) electrons. The molecule has 12 nitrogen and oxygen atoms in total. The first-order valence-corrected chi connectivity index (χ1v) is 16.6. The lowest BCUT2D eigenvalue weighted by atomic mass is 9.91. The van der Waals surface area contributed by atoms with E-state index in [1.807, 2.05) is 31.3 Å². The molecule has 3 aromatic heterocycles. The largest absolute Gasteiger partial charge is 0.368 e. The van der Waals surface area contributed by atoms with Crippen molar-refractivity contribution in [3.8, 4) is 0 Å². The van der Waals surface area contributed by atoms with Crippen LogP contribution >= 0.6 is 11.6 Å². The van der Waals surface area contributed by atoms with Crippen molar-refractivity contribution >= 4 is 46.0 Å². The molecule has 0 spiro atoms. The lowest BCUT2D eigenvalue weighted by molar-refractivity contribution is 0.0949. The number of hydrogen-bond donors (Lipinski definition) is 5. The Balaban J connectivity index is 1.26. The van der Waals surface area contributed by atoms with Gasteiger partial charge >= 0.3 is 0 Å². The van der Waals surface area contributed by atoms with Crippen LogP contribution in [0.2, 0.25) is 5.02 Å². The number of rotatable bonds is 12. The molecule has 51 heavy (non-hydrogen) atoms. The molecule has 0 aliphatic carbocycles. The fourth-order valence-corrected chi connectivity index (χ4v) is 6.81. The van der Waals surface area contributed by atoms with E-state index in [1.165, 1.54) is 32.3 Å². The van der Waals surface area contributed by atoms with E-state index in [0.717, 1.165) is 11.1 Å². The number of halogens is 4. The second-order valence-corrected chi connectivity index (χ2v) is 12.7. The highest BCUT2D eigenvalue weighted by Gasteiger charge is 2.41. The molecule has 1 aliphatic rings. The maximum absolute atomic E-state index is 14.7. The molecular formula is C35H36ClF3N10O2. The lowest BCUT2D eigenvalue weighted by Gasteiger charge is -2.29. The number of benzene rings is 2. The zero-order valence-corrected chi connectivity index (χ0v) is 28.7. The van der Waals surface area contributed by atoms with Crippen LogP contribution in [0.3, 0.4) is 0 Å². The third-order valence-electron chi connectivity index (χ3n) is 9.31. The SMILES string of the molecule is CNC(=O)c1ccc(NCC2CC(c3ccc4[nH]cc(C(CNc5ccc(C(=O)NC)nn5)C(F)F)c4c3)N(C)C2c2ccc(Cl)c(F)c2)nn1. The van der Waals surface area contributed by atoms with Gasteiger partial charge in [0.2, 0.25) is 6.43 Å². The van der Waals surface area contributed by atoms with Crippen LogP contribution in [0, 0.1) is 11.7 Å². The van der Waals surface area contributed by atoms with E-state index in [4.69, 9.17) is 11.6 Å². The predicted octanol–water partition coefficient (Wildman–Crippen LogP) is 5.57. The number of H-pyrrole nitrogens is 1. The third kappa shape index (κ3) is 7.59. The number of aromatic amines is 1. The number of fused-ring (bicyclic) bond motifs is 1. The van der Waals surface area contributed by atoms with Crippen LogP contribution in [0.15, 0.2) is 66.9 Å². The van der Waals surface area contributed by atoms with Crippen molar-refractivity contribution in [1.29, 1.82) is 0 Å². The van der Waals surface area contributed by atoms with Crippen molar-refractivity contribution in [3.63, 3.8) is 0 Å². The molecular weight excluding hydrogens is 685 g/mol. The number of carbonyl (C=O) groups is 2. The number of amides is 2. The van der Waals surface area contributed by atoms with Gasteiger partial charge in [0, 0.05) is 56.4 Å². The van der Waals surface area contributed by atoms with Gasteiger partial charge in [0.15, 0.2) is 11.4 Å². The van der Waals surface area contributed by atoms with Gasteiger partial charge in [-0.2, -0.15) is 0 Å². The molecule has 5 N–H and O–H groups in total. The Hall–Kier alpha value is -5.28. The zero-order valence-electron chi connectivity index (χ0n) is 27.9. The highest BCUT2D eigenvalue weighted by Crippen LogP contribution is 2.48. The minimum atomic E-state index is -2.69. The average molecular weight is 721 g/mol. The summed E-state index contributed by atoms with van der Waals surface area (Å²) in [5.41, 5.74) is 3.11. The highest BCUT2D eigenvalue weighted by atomic mass is 35.5. The van der Waals surface area contributed by atoms with Crippen molar-refractivity contribution in [2.24, 2.45) is 5.92 Å². The van der Waals surface area contributed by atoms with Crippen molar-refractivity contribution in [3.05, 3.63) is 106 Å². The minimum Gasteiger partial charge on any atom is -0.368 e. The van der Waals surface area contributed by atoms with Crippen LogP contribution in [0.25, 0.3) is 10.9 Å². The Morgan fingerprint density at radius 2 is 1.55 bits per heavy atom. The van der Waals surface area contributed by atoms with Gasteiger partial charge in [-0.05, 0) is 84.6 Å². The number of hydrogen-bond acceptors (Lipinski definition) is 9. The maximum atomic E-state index is 14.7. The van der Waals surface area contributed by atoms with Crippen molar-refractivity contribution < 1.29 is 22.8 Å². The van der Waals surface area contributed by atoms with Gasteiger partial charge in [0.05, 0.1) is 10.9 Å². The first-order valence-electron chi connectivity index (χ1n) is 16.2. The predicted molar refractivity (Wildman–Crippen MR) is 188 cm³/mol. The molecule has 16 heteroatoms. The summed E-state index contributed by atoms with van der Waals surface area (Å²) in [6, 6.07) is 16.4. The molecule has 6 rings (SSSR count). The van der Waals surface area contributed by atoms with E-state index in [9.17, 15) is 22.8 Å². The summed E-state index contributed by atoms with van der Waals surface area (Å²) in [7, 11) is 4.95. The van der Waals surface area contributed by atoms with Crippen molar-refractivity contribution in [1.82, 2.24) is 40.9 Å². The second kappa shape index (κ2) is 15.3. The molecule has 4 unspecified atom stereocenters. The van der Waals surface area contributed by atoms with E-state index in [0.29, 0.717) is 35.2 Å². The van der Waals surface area contributed by atoms with E-state index >= 15 is 0 Å². The third-order valence-corrected chi connectivity index (χ3v) is 9.62. The Morgan fingerprint density at radius 1 is 0.902 bits per heavy atom. The zero-order chi connectivity index (χ0) is 36.2. The van der Waals surface area contributed by atoms with Crippen molar-refractivity contribution in [2.45, 2.75) is 30.8 Å². The van der Waals surface area contributed by atoms with Crippen LogP contribution in [-0.2, 0) is 0 Å². The lowest BCUT2D eigenvalue weighted by Crippen LogP contribution is -2.26. The summed E-state index contributed by atoms with van der Waals surface area (Å²) >= 11 is 6.03. The molecule has 1 aliphatic heterocycles. The number of carbonyl (C=O) groups excluding carboxylic acids is 2. The summed E-state index contributed by atoms with van der Waals surface area (Å²) in [4.78, 5) is 29.0. The van der Waals surface area contributed by atoms with Crippen LogP contribution in [0.4, 0.5) is 24.8 Å². The fourth-order valence-electron chi connectivity index (χ4n) is 6.69. The quantitative estimate of drug-likeness (QED) is 0.111. The minimum absolute atomic E-state index is 0.0265. The van der Waals surface area contributed by atoms with Gasteiger partial charge in [0.1, 0.15) is 17.5 Å². The summed E-state index contributed by atoms with van der Waals surface area (Å²) in [5.74, 6) is -1.76. The molecule has 0 bridgehead atoms. The molecule has 2 amide bonds. The van der Waals surface area contributed by atoms with Gasteiger partial charge in [-0.1, -0.05) is 23.7 Å². The maximum Gasteiger partial charge on any atom is 0.271 e. The standard InChI is InChI=1S/C35H36ClF3N10O2/c1-40-34(50)27-8-10-30(47-45-27)43-15-20-14-29(49(3)32(20)19-4-6-24(36)25(37)13-19)18-5-7-26-21(12-18)22(16-42-26)23(33(38)39)17-44-31-11-9-28(46-48-31)35(51)41-2/h4-13,16,20,23,29,32-33,42H,14-15,17H2,1-3H3,(H,40,50)(H,41,51)(H,43,47)(H,44,48). The molecule has 266 valence electrons. The molecule has 4 atom stereocenters. The van der Waals surface area contributed by atoms with Gasteiger partial charge in [-0.25, -0.2) is 13.2 Å². The Kier molecular flexibility index (Phi) is 10.7. The van der Waals surface area contributed by atoms with Crippen LogP contribution in [0.5, 0.6) is 0 Å². The smallest absolute Gasteiger partial charge is 0.271 e. The normalized spacial score (nSPS) is 18.2. The Bertz CT molecular complexity index is 2010. The second-order valence-electron chi connectivity index (χ2n) is 12.3. The number of likely N-dealkylation sites (tertiary alicyclic amines) is 1. The average Bonchev–Trinajstić information content (AvgIpc) is 3.71. The first kappa shape index (κ1) is 35.5. The number of alkyl halides is 2. The number of anilines is 2. The monoisotopic (exact) mass is 720 g/mol. The van der Waals surface area contributed by atoms with E-state index in [1.54, 1.807) is 24.4 Å². The van der Waals surface area contributed by atoms with Gasteiger partial charge in [-0.3, -0.25) is 14.5 Å². The van der Waals surface area contributed by atoms with Crippen LogP contribution in [-0.4, -0.2) is 82.8 Å². The van der Waals surface area contributed by atoms with E-state index in [-0.39, 0.29) is 52.7 Å². The molecule has 0 saturated carbocycles. The van der Waals surface area contributed by atoms with E-state index < -0.39 is 24.1 Å². The number of nitrogens with one attached hydrogen (secondary N) is 5. The topological polar surface area (TPSA) is 153 Å². The number of nitrogens with zero attached hydrogens (tertiary/aromatic N) is 5. The summed E-state index contributed by atoms with van der Waals surface area (Å²) < 4.78 is 43.9. The molecule has 1 saturated heterocycles. The van der Waals surface area contributed by atoms with E-state index in [2.05, 4.69) is 51.5 Å². The molecule has 2 aromatic carbocycles. The Morgan fingerprint density at radius 3 is 2.14 bits per heavy atom. The fraction of sp³-hybridized carbons (Fsp3) is 0.314. The molecule has 5 aromatic rings. The van der Waals surface area contributed by atoms with Gasteiger partial charge in [0.25, 0.3) is 11.8 Å². The van der Waals surface area contributed by atoms with Gasteiger partial charge in [-0.15, -0.1) is 20.4 Å². The first-order chi connectivity index (χ1) is 24.6. The Labute approximate surface area is 296 Å². The van der Waals surface area contributed by atoms with Crippen LogP contribution < -0.4 is 21.3 Å². The number of aromatic nitrogens is 5. The summed E-state index contributed by atoms with van der Waals surface area (Å²) in [6.45, 7) is 0.324. The summed E-state index contributed by atoms with van der Waals surface area (Å²) in [6.07, 6.45) is -0.438. The van der Waals surface area contributed by atoms with Gasteiger partial charge < -0.3 is 26.3 Å². The molecule has 1 fully saturated rings. The highest BCUT2D eigenvalue weighted by molar-refractivity contribution is 6.30. The van der Waals surface area contributed by atoms with Crippen LogP contribution in [0.1, 0.15) is 62.1 Å². The van der Waals surface area contributed by atoms with Crippen molar-refractivity contribution in [2.75, 3.05) is 44.9 Å².